The number of allylic oxidation sites excluding steroid dienone is 1. The number of fused-ring (bicyclic) bond motifs is 1. The lowest BCUT2D eigenvalue weighted by atomic mass is 9.64. The molecule has 0 spiro atoms. The summed E-state index contributed by atoms with van der Waals surface area (Å²) in [6.45, 7) is 4.31. The third kappa shape index (κ3) is 3.09. The molecule has 3 N–H and O–H groups in total. The highest BCUT2D eigenvalue weighted by molar-refractivity contribution is 14.1. The molecule has 2 atom stereocenters. The summed E-state index contributed by atoms with van der Waals surface area (Å²) in [4.78, 5) is 14.6. The fourth-order valence-corrected chi connectivity index (χ4v) is 5.69. The van der Waals surface area contributed by atoms with Gasteiger partial charge in [0.25, 0.3) is 0 Å². The summed E-state index contributed by atoms with van der Waals surface area (Å²) in [5, 5.41) is 24.8. The van der Waals surface area contributed by atoms with Gasteiger partial charge < -0.3 is 19.6 Å². The van der Waals surface area contributed by atoms with Crippen molar-refractivity contribution in [2.75, 3.05) is 11.9 Å². The van der Waals surface area contributed by atoms with E-state index in [9.17, 15) is 15.0 Å². The van der Waals surface area contributed by atoms with E-state index in [0.717, 1.165) is 16.9 Å². The number of benzene rings is 2. The van der Waals surface area contributed by atoms with Crippen LogP contribution < -0.4 is 10.5 Å². The molecular weight excluding hydrogens is 519 g/mol. The molecule has 0 saturated heterocycles. The Morgan fingerprint density at radius 1 is 1.12 bits per heavy atom. The minimum Gasteiger partial charge on any atom is -0.392 e. The number of H-pyrrole nitrogens is 1. The van der Waals surface area contributed by atoms with Crippen LogP contribution in [0.2, 0.25) is 0 Å². The van der Waals surface area contributed by atoms with Gasteiger partial charge in [-0.25, -0.2) is 9.95 Å². The smallest absolute Gasteiger partial charge is 0.361 e. The second-order valence-electron chi connectivity index (χ2n) is 9.13. The number of aliphatic hydroxyl groups excluding tert-OH is 2. The average molecular weight is 544 g/mol. The number of aliphatic hydroxyl groups is 2. The van der Waals surface area contributed by atoms with E-state index in [0.29, 0.717) is 11.3 Å². The van der Waals surface area contributed by atoms with Gasteiger partial charge in [0.15, 0.2) is 0 Å². The molecule has 0 bridgehead atoms. The van der Waals surface area contributed by atoms with Crippen LogP contribution in [0, 0.1) is 9.49 Å². The number of anilines is 1. The second kappa shape index (κ2) is 7.60. The molecule has 3 aromatic rings. The summed E-state index contributed by atoms with van der Waals surface area (Å²) in [7, 11) is 2.01. The number of hydrogen-bond acceptors (Lipinski definition) is 5. The minimum absolute atomic E-state index is 0.266. The predicted molar refractivity (Wildman–Crippen MR) is 132 cm³/mol. The van der Waals surface area contributed by atoms with Gasteiger partial charge in [-0.3, -0.25) is 0 Å². The molecule has 6 nitrogen and oxygen atoms in total. The lowest BCUT2D eigenvalue weighted by Gasteiger charge is -2.45. The summed E-state index contributed by atoms with van der Waals surface area (Å²) >= 11 is 2.31. The SMILES string of the molecule is CN1/C(=C/C2C(O)C(c3c(-c4ccccc4)[nH]oc3=O)C2O)C(C)(C)c2cc(I)ccc21. The van der Waals surface area contributed by atoms with E-state index in [4.69, 9.17) is 4.52 Å². The molecule has 1 aliphatic carbocycles. The van der Waals surface area contributed by atoms with Crippen molar-refractivity contribution in [2.45, 2.75) is 37.4 Å². The van der Waals surface area contributed by atoms with Gasteiger partial charge in [0.2, 0.25) is 0 Å². The van der Waals surface area contributed by atoms with Crippen LogP contribution in [0.15, 0.2) is 69.6 Å². The molecule has 1 fully saturated rings. The first-order valence-corrected chi connectivity index (χ1v) is 11.7. The maximum absolute atomic E-state index is 12.5. The highest BCUT2D eigenvalue weighted by Gasteiger charge is 2.52. The third-order valence-electron chi connectivity index (χ3n) is 7.00. The van der Waals surface area contributed by atoms with Crippen molar-refractivity contribution < 1.29 is 14.7 Å². The molecule has 166 valence electrons. The molecule has 32 heavy (non-hydrogen) atoms. The Morgan fingerprint density at radius 3 is 2.50 bits per heavy atom. The summed E-state index contributed by atoms with van der Waals surface area (Å²) in [6, 6.07) is 15.7. The number of aromatic amines is 1. The summed E-state index contributed by atoms with van der Waals surface area (Å²) in [5.74, 6) is -1.20. The van der Waals surface area contributed by atoms with E-state index >= 15 is 0 Å². The molecule has 0 radical (unpaired) electrons. The highest BCUT2D eigenvalue weighted by atomic mass is 127. The standard InChI is InChI=1S/C25H25IN2O4/c1-25(2)16-11-14(26)9-10-17(16)28(3)18(25)12-15-22(29)20(23(15)30)19-21(27-32-24(19)31)13-7-5-4-6-8-13/h4-12,15,20,22-23,27,29-30H,1-3H3/b18-12+. The van der Waals surface area contributed by atoms with Gasteiger partial charge >= 0.3 is 5.63 Å². The first-order chi connectivity index (χ1) is 15.2. The number of aromatic nitrogens is 1. The maximum Gasteiger partial charge on any atom is 0.361 e. The topological polar surface area (TPSA) is 89.7 Å². The summed E-state index contributed by atoms with van der Waals surface area (Å²) in [6.07, 6.45) is 0.174. The van der Waals surface area contributed by atoms with Crippen LogP contribution in [0.5, 0.6) is 0 Å². The van der Waals surface area contributed by atoms with E-state index in [2.05, 4.69) is 64.7 Å². The van der Waals surface area contributed by atoms with Crippen LogP contribution in [0.3, 0.4) is 0 Å². The van der Waals surface area contributed by atoms with Gasteiger partial charge in [0.1, 0.15) is 0 Å². The van der Waals surface area contributed by atoms with E-state index in [-0.39, 0.29) is 5.41 Å². The molecule has 1 aliphatic heterocycles. The Kier molecular flexibility index (Phi) is 5.11. The molecule has 7 heteroatoms. The molecule has 0 amide bonds. The zero-order valence-corrected chi connectivity index (χ0v) is 20.2. The Hall–Kier alpha value is -2.36. The van der Waals surface area contributed by atoms with Crippen molar-refractivity contribution >= 4 is 28.3 Å². The highest BCUT2D eigenvalue weighted by Crippen LogP contribution is 2.51. The van der Waals surface area contributed by atoms with Crippen molar-refractivity contribution in [1.82, 2.24) is 5.16 Å². The van der Waals surface area contributed by atoms with Gasteiger partial charge in [-0.1, -0.05) is 50.3 Å². The van der Waals surface area contributed by atoms with E-state index < -0.39 is 29.7 Å². The molecule has 2 unspecified atom stereocenters. The summed E-state index contributed by atoms with van der Waals surface area (Å²) < 4.78 is 6.22. The average Bonchev–Trinajstić information content (AvgIpc) is 3.22. The minimum atomic E-state index is -0.897. The van der Waals surface area contributed by atoms with Crippen LogP contribution in [0.25, 0.3) is 11.3 Å². The van der Waals surface area contributed by atoms with Gasteiger partial charge in [-0.05, 0) is 46.4 Å². The van der Waals surface area contributed by atoms with Gasteiger partial charge in [0.05, 0.1) is 23.5 Å². The van der Waals surface area contributed by atoms with E-state index in [1.807, 2.05) is 43.5 Å². The van der Waals surface area contributed by atoms with Crippen LogP contribution in [-0.2, 0) is 5.41 Å². The number of rotatable bonds is 3. The molecule has 2 heterocycles. The van der Waals surface area contributed by atoms with Crippen molar-refractivity contribution in [3.63, 3.8) is 0 Å². The zero-order chi connectivity index (χ0) is 22.8. The lowest BCUT2D eigenvalue weighted by Crippen LogP contribution is -2.54. The first-order valence-electron chi connectivity index (χ1n) is 10.6. The van der Waals surface area contributed by atoms with Crippen LogP contribution in [0.1, 0.15) is 30.9 Å². The predicted octanol–water partition coefficient (Wildman–Crippen LogP) is 3.99. The van der Waals surface area contributed by atoms with E-state index in [1.165, 1.54) is 9.13 Å². The third-order valence-corrected chi connectivity index (χ3v) is 7.67. The molecular formula is C25H25IN2O4. The number of nitrogens with one attached hydrogen (secondary N) is 1. The van der Waals surface area contributed by atoms with Gasteiger partial charge in [0, 0.05) is 44.8 Å². The zero-order valence-electron chi connectivity index (χ0n) is 18.0. The second-order valence-corrected chi connectivity index (χ2v) is 10.4. The molecule has 1 saturated carbocycles. The number of halogens is 1. The number of likely N-dealkylation sites (N-methyl/N-ethyl adjacent to an activating group) is 1. The number of nitrogens with zero attached hydrogens (tertiary/aromatic N) is 1. The quantitative estimate of drug-likeness (QED) is 0.434. The first kappa shape index (κ1) is 21.5. The van der Waals surface area contributed by atoms with Crippen LogP contribution in [-0.4, -0.2) is 34.6 Å². The van der Waals surface area contributed by atoms with Crippen molar-refractivity contribution in [3.8, 4) is 11.3 Å². The monoisotopic (exact) mass is 544 g/mol. The Morgan fingerprint density at radius 2 is 1.81 bits per heavy atom. The summed E-state index contributed by atoms with van der Waals surface area (Å²) in [5.41, 5.74) is 4.12. The van der Waals surface area contributed by atoms with Gasteiger partial charge in [-0.15, -0.1) is 0 Å². The van der Waals surface area contributed by atoms with Gasteiger partial charge in [-0.2, -0.15) is 0 Å². The van der Waals surface area contributed by atoms with Crippen LogP contribution >= 0.6 is 22.6 Å². The van der Waals surface area contributed by atoms with Crippen molar-refractivity contribution in [3.05, 3.63) is 85.4 Å². The molecule has 1 aromatic heterocycles. The Balaban J connectivity index is 1.49. The largest absolute Gasteiger partial charge is 0.392 e. The Bertz CT molecular complexity index is 1250. The number of hydrogen-bond donors (Lipinski definition) is 3. The van der Waals surface area contributed by atoms with Crippen molar-refractivity contribution in [2.24, 2.45) is 5.92 Å². The fraction of sp³-hybridized carbons (Fsp3) is 0.320. The Labute approximate surface area is 199 Å². The maximum atomic E-state index is 12.5. The lowest BCUT2D eigenvalue weighted by molar-refractivity contribution is -0.0951. The fourth-order valence-electron chi connectivity index (χ4n) is 5.20. The molecule has 2 aromatic carbocycles. The normalized spacial score (nSPS) is 27.4. The van der Waals surface area contributed by atoms with E-state index in [1.54, 1.807) is 0 Å². The van der Waals surface area contributed by atoms with Crippen LogP contribution in [0.4, 0.5) is 5.69 Å². The molecule has 5 rings (SSSR count). The van der Waals surface area contributed by atoms with Crippen molar-refractivity contribution in [1.29, 1.82) is 0 Å². The molecule has 2 aliphatic rings.